The molecule has 1 saturated heterocycles. The van der Waals surface area contributed by atoms with E-state index >= 15 is 0 Å². The summed E-state index contributed by atoms with van der Waals surface area (Å²) in [5.74, 6) is -1.04. The molecule has 8 heteroatoms. The monoisotopic (exact) mass is 266 g/mol. The Labute approximate surface area is 108 Å². The normalized spacial score (nSPS) is 21.9. The van der Waals surface area contributed by atoms with Gasteiger partial charge < -0.3 is 20.7 Å². The number of aliphatic hydroxyl groups is 1. The third-order valence-electron chi connectivity index (χ3n) is 2.77. The van der Waals surface area contributed by atoms with Gasteiger partial charge in [-0.05, 0) is 18.6 Å². The number of carbonyl (C=O) groups excluding carboxylic acids is 3. The van der Waals surface area contributed by atoms with E-state index in [2.05, 4.69) is 15.6 Å². The van der Waals surface area contributed by atoms with Crippen LogP contribution in [-0.2, 0) is 4.79 Å². The molecule has 0 aliphatic carbocycles. The van der Waals surface area contributed by atoms with Gasteiger partial charge in [-0.25, -0.2) is 4.79 Å². The zero-order valence-corrected chi connectivity index (χ0v) is 10.0. The molecule has 19 heavy (non-hydrogen) atoms. The SMILES string of the molecule is O=C1NC(=O)C(O)(CCCNC(=O)c2ccc[nH]2)N1. The van der Waals surface area contributed by atoms with Crippen LogP contribution in [0.25, 0.3) is 0 Å². The lowest BCUT2D eigenvalue weighted by Crippen LogP contribution is -2.47. The topological polar surface area (TPSA) is 123 Å². The minimum atomic E-state index is -1.88. The van der Waals surface area contributed by atoms with E-state index in [4.69, 9.17) is 0 Å². The summed E-state index contributed by atoms with van der Waals surface area (Å²) in [5.41, 5.74) is -1.44. The number of carbonyl (C=O) groups is 3. The van der Waals surface area contributed by atoms with Crippen LogP contribution >= 0.6 is 0 Å². The van der Waals surface area contributed by atoms with Crippen LogP contribution in [0.1, 0.15) is 23.3 Å². The van der Waals surface area contributed by atoms with E-state index in [9.17, 15) is 19.5 Å². The first-order valence-electron chi connectivity index (χ1n) is 5.79. The van der Waals surface area contributed by atoms with Crippen LogP contribution in [0.2, 0.25) is 0 Å². The summed E-state index contributed by atoms with van der Waals surface area (Å²) in [4.78, 5) is 36.5. The Kier molecular flexibility index (Phi) is 3.52. The van der Waals surface area contributed by atoms with Gasteiger partial charge in [0.25, 0.3) is 11.8 Å². The van der Waals surface area contributed by atoms with Gasteiger partial charge in [0.1, 0.15) is 5.69 Å². The standard InChI is InChI=1S/C11H14N4O4/c16-8(7-3-1-5-12-7)13-6-2-4-11(19)9(17)14-10(18)15-11/h1,3,5,12,19H,2,4,6H2,(H,13,16)(H2,14,15,17,18). The number of imide groups is 1. The smallest absolute Gasteiger partial charge is 0.324 e. The Balaban J connectivity index is 1.74. The van der Waals surface area contributed by atoms with Crippen molar-refractivity contribution in [1.29, 1.82) is 0 Å². The van der Waals surface area contributed by atoms with Crippen molar-refractivity contribution in [3.63, 3.8) is 0 Å². The van der Waals surface area contributed by atoms with E-state index < -0.39 is 17.7 Å². The Hall–Kier alpha value is -2.35. The van der Waals surface area contributed by atoms with Crippen molar-refractivity contribution in [3.8, 4) is 0 Å². The maximum Gasteiger partial charge on any atom is 0.324 e. The number of nitrogens with one attached hydrogen (secondary N) is 4. The predicted molar refractivity (Wildman–Crippen MR) is 64.0 cm³/mol. The van der Waals surface area contributed by atoms with Crippen molar-refractivity contribution in [2.45, 2.75) is 18.6 Å². The van der Waals surface area contributed by atoms with Gasteiger partial charge in [0.2, 0.25) is 5.72 Å². The van der Waals surface area contributed by atoms with Crippen LogP contribution in [0, 0.1) is 0 Å². The van der Waals surface area contributed by atoms with Crippen molar-refractivity contribution in [2.75, 3.05) is 6.54 Å². The highest BCUT2D eigenvalue weighted by Crippen LogP contribution is 2.13. The van der Waals surface area contributed by atoms with Crippen molar-refractivity contribution in [1.82, 2.24) is 20.9 Å². The molecule has 0 spiro atoms. The molecule has 1 aromatic rings. The zero-order chi connectivity index (χ0) is 13.9. The summed E-state index contributed by atoms with van der Waals surface area (Å²) in [5, 5.41) is 16.5. The van der Waals surface area contributed by atoms with E-state index in [1.807, 2.05) is 5.32 Å². The zero-order valence-electron chi connectivity index (χ0n) is 10.0. The molecule has 1 unspecified atom stereocenters. The summed E-state index contributed by atoms with van der Waals surface area (Å²) in [7, 11) is 0. The average molecular weight is 266 g/mol. The fourth-order valence-corrected chi connectivity index (χ4v) is 1.77. The quantitative estimate of drug-likeness (QED) is 0.348. The highest BCUT2D eigenvalue weighted by molar-refractivity contribution is 6.05. The van der Waals surface area contributed by atoms with Gasteiger partial charge in [0.15, 0.2) is 0 Å². The van der Waals surface area contributed by atoms with Gasteiger partial charge in [0.05, 0.1) is 0 Å². The lowest BCUT2D eigenvalue weighted by Gasteiger charge is -2.18. The van der Waals surface area contributed by atoms with E-state index in [0.717, 1.165) is 0 Å². The second-order valence-corrected chi connectivity index (χ2v) is 4.21. The van der Waals surface area contributed by atoms with Crippen LogP contribution in [0.3, 0.4) is 0 Å². The molecule has 2 rings (SSSR count). The van der Waals surface area contributed by atoms with E-state index in [1.54, 1.807) is 18.3 Å². The molecule has 102 valence electrons. The molecule has 5 N–H and O–H groups in total. The summed E-state index contributed by atoms with van der Waals surface area (Å²) < 4.78 is 0. The van der Waals surface area contributed by atoms with Crippen LogP contribution in [0.15, 0.2) is 18.3 Å². The number of hydrogen-bond acceptors (Lipinski definition) is 4. The lowest BCUT2D eigenvalue weighted by molar-refractivity contribution is -0.137. The van der Waals surface area contributed by atoms with Crippen LogP contribution in [-0.4, -0.2) is 40.2 Å². The number of amides is 4. The third kappa shape index (κ3) is 2.91. The van der Waals surface area contributed by atoms with Gasteiger partial charge in [-0.3, -0.25) is 14.9 Å². The Morgan fingerprint density at radius 3 is 2.79 bits per heavy atom. The van der Waals surface area contributed by atoms with Gasteiger partial charge in [0, 0.05) is 19.2 Å². The molecule has 0 bridgehead atoms. The molecule has 0 radical (unpaired) electrons. The van der Waals surface area contributed by atoms with E-state index in [0.29, 0.717) is 12.1 Å². The van der Waals surface area contributed by atoms with E-state index in [1.165, 1.54) is 0 Å². The maximum atomic E-state index is 11.5. The molecule has 1 aliphatic heterocycles. The summed E-state index contributed by atoms with van der Waals surface area (Å²) in [6, 6.07) is 2.62. The molecule has 1 atom stereocenters. The first-order valence-corrected chi connectivity index (χ1v) is 5.79. The number of hydrogen-bond donors (Lipinski definition) is 5. The largest absolute Gasteiger partial charge is 0.363 e. The van der Waals surface area contributed by atoms with E-state index in [-0.39, 0.29) is 18.9 Å². The van der Waals surface area contributed by atoms with Gasteiger partial charge in [-0.15, -0.1) is 0 Å². The number of aromatic amines is 1. The summed E-state index contributed by atoms with van der Waals surface area (Å²) in [6.45, 7) is 0.281. The highest BCUT2D eigenvalue weighted by atomic mass is 16.3. The summed E-state index contributed by atoms with van der Waals surface area (Å²) >= 11 is 0. The van der Waals surface area contributed by atoms with Gasteiger partial charge in [-0.1, -0.05) is 0 Å². The third-order valence-corrected chi connectivity index (χ3v) is 2.77. The second-order valence-electron chi connectivity index (χ2n) is 4.21. The minimum Gasteiger partial charge on any atom is -0.363 e. The summed E-state index contributed by atoms with van der Waals surface area (Å²) in [6.07, 6.45) is 2.00. The molecule has 8 nitrogen and oxygen atoms in total. The number of H-pyrrole nitrogens is 1. The van der Waals surface area contributed by atoms with Crippen LogP contribution < -0.4 is 16.0 Å². The minimum absolute atomic E-state index is 0.0234. The molecule has 4 amide bonds. The molecule has 1 fully saturated rings. The molecule has 0 aromatic carbocycles. The average Bonchev–Trinajstić information content (AvgIpc) is 2.94. The first-order chi connectivity index (χ1) is 9.01. The number of rotatable bonds is 5. The van der Waals surface area contributed by atoms with Crippen LogP contribution in [0.5, 0.6) is 0 Å². The fourth-order valence-electron chi connectivity index (χ4n) is 1.77. The molecular formula is C11H14N4O4. The molecule has 2 heterocycles. The van der Waals surface area contributed by atoms with Crippen molar-refractivity contribution in [3.05, 3.63) is 24.0 Å². The van der Waals surface area contributed by atoms with Crippen molar-refractivity contribution >= 4 is 17.8 Å². The molecule has 0 saturated carbocycles. The van der Waals surface area contributed by atoms with Gasteiger partial charge >= 0.3 is 6.03 Å². The van der Waals surface area contributed by atoms with Crippen molar-refractivity contribution < 1.29 is 19.5 Å². The van der Waals surface area contributed by atoms with Crippen molar-refractivity contribution in [2.24, 2.45) is 0 Å². The predicted octanol–water partition coefficient (Wildman–Crippen LogP) is -0.947. The Bertz CT molecular complexity index is 499. The Morgan fingerprint density at radius 2 is 2.21 bits per heavy atom. The first kappa shape index (κ1) is 13.1. The number of urea groups is 1. The lowest BCUT2D eigenvalue weighted by atomic mass is 10.1. The van der Waals surface area contributed by atoms with Crippen LogP contribution in [0.4, 0.5) is 4.79 Å². The second kappa shape index (κ2) is 5.11. The molecular weight excluding hydrogens is 252 g/mol. The fraction of sp³-hybridized carbons (Fsp3) is 0.364. The van der Waals surface area contributed by atoms with Gasteiger partial charge in [-0.2, -0.15) is 0 Å². The highest BCUT2D eigenvalue weighted by Gasteiger charge is 2.43. The molecule has 1 aliphatic rings. The number of aromatic nitrogens is 1. The molecule has 1 aromatic heterocycles. The maximum absolute atomic E-state index is 11.5. The Morgan fingerprint density at radius 1 is 1.42 bits per heavy atom.